The Morgan fingerprint density at radius 1 is 1.25 bits per heavy atom. The molecule has 5 rings (SSSR count). The quantitative estimate of drug-likeness (QED) is 0.355. The molecule has 1 atom stereocenters. The molecular weight excluding hydrogens is 484 g/mol. The zero-order valence-electron chi connectivity index (χ0n) is 20.3. The highest BCUT2D eigenvalue weighted by molar-refractivity contribution is 6.30. The van der Waals surface area contributed by atoms with E-state index < -0.39 is 11.9 Å². The van der Waals surface area contributed by atoms with Crippen molar-refractivity contribution >= 4 is 22.6 Å². The number of aromatic amines is 1. The van der Waals surface area contributed by atoms with E-state index in [1.54, 1.807) is 24.5 Å². The Hall–Kier alpha value is -3.08. The van der Waals surface area contributed by atoms with Crippen LogP contribution in [0.1, 0.15) is 51.5 Å². The van der Waals surface area contributed by atoms with Crippen LogP contribution in [0.5, 0.6) is 0 Å². The van der Waals surface area contributed by atoms with Crippen molar-refractivity contribution in [2.75, 3.05) is 13.2 Å². The lowest BCUT2D eigenvalue weighted by Gasteiger charge is -2.28. The molecule has 1 aliphatic carbocycles. The van der Waals surface area contributed by atoms with Crippen molar-refractivity contribution in [3.63, 3.8) is 0 Å². The van der Waals surface area contributed by atoms with Gasteiger partial charge in [0.2, 0.25) is 5.82 Å². The third kappa shape index (κ3) is 4.93. The van der Waals surface area contributed by atoms with E-state index in [1.807, 2.05) is 6.92 Å². The topological polar surface area (TPSA) is 132 Å². The Morgan fingerprint density at radius 2 is 2.06 bits per heavy atom. The van der Waals surface area contributed by atoms with Crippen LogP contribution in [-0.4, -0.2) is 48.0 Å². The van der Waals surface area contributed by atoms with E-state index in [2.05, 4.69) is 26.6 Å². The highest BCUT2D eigenvalue weighted by Crippen LogP contribution is 2.36. The highest BCUT2D eigenvalue weighted by Gasteiger charge is 2.27. The Labute approximate surface area is 212 Å². The van der Waals surface area contributed by atoms with E-state index in [0.717, 1.165) is 30.8 Å². The number of imidazole rings is 1. The first-order chi connectivity index (χ1) is 17.5. The lowest BCUT2D eigenvalue weighted by Crippen LogP contribution is -2.22. The van der Waals surface area contributed by atoms with E-state index in [-0.39, 0.29) is 12.4 Å². The number of halogens is 1. The smallest absolute Gasteiger partial charge is 0.393 e. The molecule has 0 radical (unpaired) electrons. The number of fused-ring (bicyclic) bond motifs is 1. The summed E-state index contributed by atoms with van der Waals surface area (Å²) in [5, 5.41) is 14.5. The summed E-state index contributed by atoms with van der Waals surface area (Å²) in [6.07, 6.45) is 7.28. The molecule has 0 aliphatic heterocycles. The number of pyridine rings is 2. The van der Waals surface area contributed by atoms with Gasteiger partial charge in [0.1, 0.15) is 17.6 Å². The number of aromatic nitrogens is 6. The molecule has 1 fully saturated rings. The minimum absolute atomic E-state index is 0.194. The number of nitrogens with one attached hydrogen (secondary N) is 1. The average Bonchev–Trinajstić information content (AvgIpc) is 3.47. The summed E-state index contributed by atoms with van der Waals surface area (Å²) >= 11 is 6.29. The zero-order chi connectivity index (χ0) is 25.2. The fraction of sp³-hybridized carbons (Fsp3) is 0.480. The standard InChI is InChI=1S/C25H29ClN6O4/c1-3-35-20(13-33)24-29-18-9-19(23-30-25(34)36-31-23)28-21(16-8-17(26)11-27-10-16)22(18)32(24)12-15-6-4-14(2)5-7-15/h8-11,14-15,20,33H,3-7,12-13H2,1-2H3,(H,30,31,34). The SMILES string of the molecule is CCOC(CO)c1nc2cc(-c3noc(=O)[nH]3)nc(-c3cncc(Cl)c3)c2n1CC1CCC(C)CC1. The predicted molar refractivity (Wildman–Crippen MR) is 134 cm³/mol. The molecule has 0 aromatic carbocycles. The number of aliphatic hydroxyl groups is 1. The molecule has 1 aliphatic rings. The van der Waals surface area contributed by atoms with Crippen molar-refractivity contribution in [3.05, 3.63) is 45.9 Å². The maximum atomic E-state index is 11.6. The molecule has 4 aromatic heterocycles. The van der Waals surface area contributed by atoms with Crippen LogP contribution >= 0.6 is 11.6 Å². The molecule has 11 heteroatoms. The van der Waals surface area contributed by atoms with E-state index in [9.17, 15) is 9.90 Å². The van der Waals surface area contributed by atoms with E-state index >= 15 is 0 Å². The van der Waals surface area contributed by atoms with Crippen molar-refractivity contribution in [2.24, 2.45) is 11.8 Å². The number of rotatable bonds is 8. The largest absolute Gasteiger partial charge is 0.439 e. The van der Waals surface area contributed by atoms with E-state index in [1.165, 1.54) is 12.8 Å². The minimum Gasteiger partial charge on any atom is -0.393 e. The molecule has 1 saturated carbocycles. The van der Waals surface area contributed by atoms with Gasteiger partial charge in [0.25, 0.3) is 0 Å². The third-order valence-electron chi connectivity index (χ3n) is 6.81. The summed E-state index contributed by atoms with van der Waals surface area (Å²) in [6.45, 7) is 5.15. The van der Waals surface area contributed by atoms with Crippen LogP contribution < -0.4 is 5.76 Å². The molecule has 0 amide bonds. The second-order valence-corrected chi connectivity index (χ2v) is 9.83. The zero-order valence-corrected chi connectivity index (χ0v) is 21.0. The second-order valence-electron chi connectivity index (χ2n) is 9.39. The predicted octanol–water partition coefficient (Wildman–Crippen LogP) is 4.39. The van der Waals surface area contributed by atoms with Crippen LogP contribution in [0.15, 0.2) is 33.8 Å². The summed E-state index contributed by atoms with van der Waals surface area (Å²) in [6, 6.07) is 3.55. The van der Waals surface area contributed by atoms with Gasteiger partial charge in [-0.25, -0.2) is 14.8 Å². The van der Waals surface area contributed by atoms with Gasteiger partial charge in [-0.3, -0.25) is 14.5 Å². The van der Waals surface area contributed by atoms with Crippen LogP contribution in [0.2, 0.25) is 5.02 Å². The fourth-order valence-corrected chi connectivity index (χ4v) is 5.16. The summed E-state index contributed by atoms with van der Waals surface area (Å²) in [5.41, 5.74) is 3.11. The Balaban J connectivity index is 1.74. The molecule has 4 heterocycles. The average molecular weight is 513 g/mol. The molecule has 10 nitrogen and oxygen atoms in total. The first-order valence-electron chi connectivity index (χ1n) is 12.3. The maximum Gasteiger partial charge on any atom is 0.439 e. The van der Waals surface area contributed by atoms with Crippen molar-refractivity contribution in [1.82, 2.24) is 29.7 Å². The van der Waals surface area contributed by atoms with Gasteiger partial charge in [0, 0.05) is 31.1 Å². The van der Waals surface area contributed by atoms with Gasteiger partial charge in [-0.2, -0.15) is 0 Å². The normalized spacial score (nSPS) is 19.1. The van der Waals surface area contributed by atoms with Crippen LogP contribution in [0.3, 0.4) is 0 Å². The lowest BCUT2D eigenvalue weighted by atomic mass is 9.83. The lowest BCUT2D eigenvalue weighted by molar-refractivity contribution is 0.0109. The number of H-pyrrole nitrogens is 1. The van der Waals surface area contributed by atoms with Crippen molar-refractivity contribution in [3.8, 4) is 22.8 Å². The monoisotopic (exact) mass is 512 g/mol. The number of hydrogen-bond donors (Lipinski definition) is 2. The van der Waals surface area contributed by atoms with Crippen molar-refractivity contribution < 1.29 is 14.4 Å². The van der Waals surface area contributed by atoms with E-state index in [0.29, 0.717) is 45.8 Å². The Bertz CT molecular complexity index is 1410. The van der Waals surface area contributed by atoms with Crippen molar-refractivity contribution in [2.45, 2.75) is 52.2 Å². The van der Waals surface area contributed by atoms with Crippen LogP contribution in [0.25, 0.3) is 33.8 Å². The van der Waals surface area contributed by atoms with E-state index in [4.69, 9.17) is 30.8 Å². The molecule has 0 bridgehead atoms. The molecule has 0 saturated heterocycles. The Morgan fingerprint density at radius 3 is 2.72 bits per heavy atom. The number of hydrogen-bond acceptors (Lipinski definition) is 8. The second kappa shape index (κ2) is 10.5. The maximum absolute atomic E-state index is 11.6. The first kappa shape index (κ1) is 24.6. The number of ether oxygens (including phenoxy) is 1. The van der Waals surface area contributed by atoms with Gasteiger partial charge in [-0.1, -0.05) is 36.5 Å². The summed E-state index contributed by atoms with van der Waals surface area (Å²) in [4.78, 5) is 28.2. The number of aliphatic hydroxyl groups excluding tert-OH is 1. The van der Waals surface area contributed by atoms with Crippen LogP contribution in [-0.2, 0) is 11.3 Å². The summed E-state index contributed by atoms with van der Waals surface area (Å²) < 4.78 is 12.7. The fourth-order valence-electron chi connectivity index (χ4n) is 4.99. The molecule has 2 N–H and O–H groups in total. The third-order valence-corrected chi connectivity index (χ3v) is 7.02. The number of nitrogens with zero attached hydrogens (tertiary/aromatic N) is 5. The Kier molecular flexibility index (Phi) is 7.17. The molecule has 36 heavy (non-hydrogen) atoms. The van der Waals surface area contributed by atoms with Gasteiger partial charge in [0.05, 0.1) is 28.4 Å². The van der Waals surface area contributed by atoms with Crippen LogP contribution in [0.4, 0.5) is 0 Å². The van der Waals surface area contributed by atoms with Gasteiger partial charge in [-0.05, 0) is 43.7 Å². The summed E-state index contributed by atoms with van der Waals surface area (Å²) in [5.74, 6) is 1.36. The van der Waals surface area contributed by atoms with Crippen molar-refractivity contribution in [1.29, 1.82) is 0 Å². The molecule has 4 aromatic rings. The van der Waals surface area contributed by atoms with Gasteiger partial charge in [0.15, 0.2) is 0 Å². The molecular formula is C25H29ClN6O4. The molecule has 190 valence electrons. The molecule has 0 spiro atoms. The first-order valence-corrected chi connectivity index (χ1v) is 12.7. The van der Waals surface area contributed by atoms with Gasteiger partial charge < -0.3 is 14.4 Å². The molecule has 1 unspecified atom stereocenters. The highest BCUT2D eigenvalue weighted by atomic mass is 35.5. The van der Waals surface area contributed by atoms with Crippen LogP contribution in [0, 0.1) is 11.8 Å². The van der Waals surface area contributed by atoms with Gasteiger partial charge >= 0.3 is 5.76 Å². The van der Waals surface area contributed by atoms with Gasteiger partial charge in [-0.15, -0.1) is 0 Å². The minimum atomic E-state index is -0.674. The summed E-state index contributed by atoms with van der Waals surface area (Å²) in [7, 11) is 0.